The number of carbonyl (C=O) groups excluding carboxylic acids is 2. The monoisotopic (exact) mass is 469 g/mol. The van der Waals surface area contributed by atoms with Gasteiger partial charge in [-0.3, -0.25) is 4.79 Å². The lowest BCUT2D eigenvalue weighted by molar-refractivity contribution is -0.137. The molecule has 1 atom stereocenters. The van der Waals surface area contributed by atoms with Gasteiger partial charge in [0.05, 0.1) is 17.6 Å². The highest BCUT2D eigenvalue weighted by atomic mass is 32.2. The lowest BCUT2D eigenvalue weighted by Crippen LogP contribution is -2.30. The Kier molecular flexibility index (Phi) is 6.17. The molecule has 8 nitrogen and oxygen atoms in total. The van der Waals surface area contributed by atoms with Gasteiger partial charge in [-0.15, -0.1) is 0 Å². The van der Waals surface area contributed by atoms with E-state index in [4.69, 9.17) is 0 Å². The molecule has 0 aliphatic carbocycles. The number of hydrogen-bond acceptors (Lipinski definition) is 5. The Morgan fingerprint density at radius 1 is 1.06 bits per heavy atom. The Bertz CT molecular complexity index is 1270. The van der Waals surface area contributed by atoms with E-state index in [-0.39, 0.29) is 16.1 Å². The van der Waals surface area contributed by atoms with E-state index < -0.39 is 39.8 Å². The third kappa shape index (κ3) is 4.85. The third-order valence-corrected chi connectivity index (χ3v) is 6.01. The molecule has 0 spiro atoms. The van der Waals surface area contributed by atoms with Crippen molar-refractivity contribution in [3.63, 3.8) is 0 Å². The molecule has 32 heavy (non-hydrogen) atoms. The van der Waals surface area contributed by atoms with Gasteiger partial charge in [-0.05, 0) is 54.8 Å². The first-order valence-electron chi connectivity index (χ1n) is 9.12. The van der Waals surface area contributed by atoms with E-state index in [0.717, 1.165) is 19.2 Å². The van der Waals surface area contributed by atoms with Crippen LogP contribution in [0.5, 0.6) is 0 Å². The number of nitrogens with one attached hydrogen (secondary N) is 2. The standard InChI is InChI=1S/C20H18F3N3O5S/c1-12(26-10-9-13-3-4-14(11-17(13)26)20(21,22)23)18(27)24-15-5-7-16(8-6-15)32(29,30)25-19(28)31-2/h3-12H,1-2H3,(H,24,27)(H,25,28)/t12-/m1/s1. The van der Waals surface area contributed by atoms with E-state index in [0.29, 0.717) is 5.39 Å². The summed E-state index contributed by atoms with van der Waals surface area (Å²) in [6.07, 6.45) is -4.15. The number of anilines is 1. The number of benzene rings is 2. The molecule has 0 saturated carbocycles. The molecule has 2 amide bonds. The number of halogens is 3. The van der Waals surface area contributed by atoms with Crippen LogP contribution in [0.15, 0.2) is 59.6 Å². The Morgan fingerprint density at radius 2 is 1.72 bits per heavy atom. The number of hydrogen-bond donors (Lipinski definition) is 2. The number of methoxy groups -OCH3 is 1. The van der Waals surface area contributed by atoms with Gasteiger partial charge in [0.15, 0.2) is 0 Å². The lowest BCUT2D eigenvalue weighted by Gasteiger charge is -2.16. The second kappa shape index (κ2) is 8.54. The van der Waals surface area contributed by atoms with Crippen LogP contribution in [-0.2, 0) is 25.7 Å². The summed E-state index contributed by atoms with van der Waals surface area (Å²) in [6.45, 7) is 1.52. The van der Waals surface area contributed by atoms with Crippen LogP contribution in [-0.4, -0.2) is 32.1 Å². The van der Waals surface area contributed by atoms with E-state index in [9.17, 15) is 31.2 Å². The first-order chi connectivity index (χ1) is 14.9. The second-order valence-electron chi connectivity index (χ2n) is 6.78. The smallest absolute Gasteiger partial charge is 0.420 e. The van der Waals surface area contributed by atoms with E-state index in [2.05, 4.69) is 10.1 Å². The average molecular weight is 469 g/mol. The maximum absolute atomic E-state index is 13.0. The molecule has 0 unspecified atom stereocenters. The number of sulfonamides is 1. The normalized spacial score (nSPS) is 12.9. The molecular weight excluding hydrogens is 451 g/mol. The molecule has 0 aliphatic heterocycles. The fourth-order valence-electron chi connectivity index (χ4n) is 2.96. The maximum atomic E-state index is 13.0. The second-order valence-corrected chi connectivity index (χ2v) is 8.46. The molecule has 0 aliphatic rings. The molecule has 0 fully saturated rings. The van der Waals surface area contributed by atoms with Gasteiger partial charge in [0.25, 0.3) is 10.0 Å². The van der Waals surface area contributed by atoms with Crippen molar-refractivity contribution in [2.75, 3.05) is 12.4 Å². The zero-order chi connectivity index (χ0) is 23.7. The van der Waals surface area contributed by atoms with Gasteiger partial charge < -0.3 is 14.6 Å². The van der Waals surface area contributed by atoms with Crippen molar-refractivity contribution in [1.29, 1.82) is 0 Å². The van der Waals surface area contributed by atoms with E-state index >= 15 is 0 Å². The SMILES string of the molecule is COC(=O)NS(=O)(=O)c1ccc(NC(=O)[C@@H](C)n2ccc3ccc(C(F)(F)F)cc32)cc1. The van der Waals surface area contributed by atoms with Crippen molar-refractivity contribution >= 4 is 38.6 Å². The van der Waals surface area contributed by atoms with Crippen LogP contribution in [0.4, 0.5) is 23.7 Å². The predicted octanol–water partition coefficient (Wildman–Crippen LogP) is 3.90. The molecule has 2 N–H and O–H groups in total. The molecule has 170 valence electrons. The molecule has 3 rings (SSSR count). The summed E-state index contributed by atoms with van der Waals surface area (Å²) in [5, 5.41) is 3.13. The predicted molar refractivity (Wildman–Crippen MR) is 109 cm³/mol. The van der Waals surface area contributed by atoms with Crippen LogP contribution in [0, 0.1) is 0 Å². The summed E-state index contributed by atoms with van der Waals surface area (Å²) >= 11 is 0. The molecule has 3 aromatic rings. The number of nitrogens with zero attached hydrogens (tertiary/aromatic N) is 1. The number of fused-ring (bicyclic) bond motifs is 1. The minimum atomic E-state index is -4.51. The third-order valence-electron chi connectivity index (χ3n) is 4.68. The summed E-state index contributed by atoms with van der Waals surface area (Å²) in [5.74, 6) is -0.525. The van der Waals surface area contributed by atoms with Crippen molar-refractivity contribution in [3.8, 4) is 0 Å². The summed E-state index contributed by atoms with van der Waals surface area (Å²) in [5.41, 5.74) is -0.320. The molecule has 0 saturated heterocycles. The van der Waals surface area contributed by atoms with Gasteiger partial charge in [0, 0.05) is 17.4 Å². The molecule has 0 bridgehead atoms. The fourth-order valence-corrected chi connectivity index (χ4v) is 3.88. The largest absolute Gasteiger partial charge is 0.452 e. The quantitative estimate of drug-likeness (QED) is 0.590. The maximum Gasteiger partial charge on any atom is 0.420 e. The molecule has 1 aromatic heterocycles. The Hall–Kier alpha value is -3.54. The summed E-state index contributed by atoms with van der Waals surface area (Å²) in [6, 6.07) is 9.00. The zero-order valence-electron chi connectivity index (χ0n) is 16.8. The van der Waals surface area contributed by atoms with Crippen LogP contribution in [0.1, 0.15) is 18.5 Å². The number of ether oxygens (including phenoxy) is 1. The topological polar surface area (TPSA) is 106 Å². The zero-order valence-corrected chi connectivity index (χ0v) is 17.6. The minimum absolute atomic E-state index is 0.231. The van der Waals surface area contributed by atoms with Crippen molar-refractivity contribution in [1.82, 2.24) is 9.29 Å². The number of amides is 2. The van der Waals surface area contributed by atoms with Gasteiger partial charge in [0.2, 0.25) is 5.91 Å². The summed E-state index contributed by atoms with van der Waals surface area (Å²) in [7, 11) is -3.13. The Balaban J connectivity index is 1.78. The average Bonchev–Trinajstić information content (AvgIpc) is 3.15. The van der Waals surface area contributed by atoms with Crippen molar-refractivity contribution in [2.45, 2.75) is 24.0 Å². The van der Waals surface area contributed by atoms with Crippen molar-refractivity contribution in [2.24, 2.45) is 0 Å². The van der Waals surface area contributed by atoms with Gasteiger partial charge >= 0.3 is 12.3 Å². The number of carbonyl (C=O) groups is 2. The van der Waals surface area contributed by atoms with Crippen LogP contribution < -0.4 is 10.0 Å². The van der Waals surface area contributed by atoms with Crippen LogP contribution in [0.25, 0.3) is 10.9 Å². The van der Waals surface area contributed by atoms with Crippen molar-refractivity contribution < 1.29 is 35.9 Å². The number of alkyl halides is 3. The molecule has 12 heteroatoms. The van der Waals surface area contributed by atoms with Gasteiger partial charge in [0.1, 0.15) is 6.04 Å². The molecule has 1 heterocycles. The number of rotatable bonds is 5. The van der Waals surface area contributed by atoms with E-state index in [1.165, 1.54) is 48.0 Å². The van der Waals surface area contributed by atoms with Crippen LogP contribution >= 0.6 is 0 Å². The van der Waals surface area contributed by atoms with Crippen molar-refractivity contribution in [3.05, 3.63) is 60.3 Å². The summed E-state index contributed by atoms with van der Waals surface area (Å²) < 4.78 is 70.6. The van der Waals surface area contributed by atoms with Gasteiger partial charge in [-0.25, -0.2) is 17.9 Å². The highest BCUT2D eigenvalue weighted by molar-refractivity contribution is 7.90. The Labute approximate surface area is 181 Å². The molecule has 2 aromatic carbocycles. The highest BCUT2D eigenvalue weighted by Crippen LogP contribution is 2.32. The van der Waals surface area contributed by atoms with Crippen LogP contribution in [0.3, 0.4) is 0 Å². The first-order valence-corrected chi connectivity index (χ1v) is 10.6. The molecule has 0 radical (unpaired) electrons. The van der Waals surface area contributed by atoms with E-state index in [1.54, 1.807) is 10.8 Å². The minimum Gasteiger partial charge on any atom is -0.452 e. The van der Waals surface area contributed by atoms with Gasteiger partial charge in [-0.1, -0.05) is 6.07 Å². The first kappa shape index (κ1) is 23.1. The lowest BCUT2D eigenvalue weighted by atomic mass is 10.1. The van der Waals surface area contributed by atoms with Crippen LogP contribution in [0.2, 0.25) is 0 Å². The highest BCUT2D eigenvalue weighted by Gasteiger charge is 2.31. The molecular formula is C20H18F3N3O5S. The fraction of sp³-hybridized carbons (Fsp3) is 0.200. The van der Waals surface area contributed by atoms with E-state index in [1.807, 2.05) is 0 Å². The Morgan fingerprint density at radius 3 is 2.31 bits per heavy atom. The summed E-state index contributed by atoms with van der Waals surface area (Å²) in [4.78, 5) is 23.6. The number of aromatic nitrogens is 1. The van der Waals surface area contributed by atoms with Gasteiger partial charge in [-0.2, -0.15) is 13.2 Å².